The molecule has 218 valence electrons. The number of aromatic nitrogens is 3. The van der Waals surface area contributed by atoms with Gasteiger partial charge in [0.1, 0.15) is 11.5 Å². The molecule has 1 saturated heterocycles. The molecule has 9 nitrogen and oxygen atoms in total. The number of carbonyl (C=O) groups excluding carboxylic acids is 2. The number of hydrogen-bond acceptors (Lipinski definition) is 7. The molecule has 1 aliphatic heterocycles. The first-order chi connectivity index (χ1) is 20.5. The van der Waals surface area contributed by atoms with Crippen LogP contribution in [0.1, 0.15) is 30.1 Å². The molecule has 2 amide bonds. The maximum Gasteiger partial charge on any atom is 0.254 e. The van der Waals surface area contributed by atoms with Gasteiger partial charge in [-0.25, -0.2) is 0 Å². The molecule has 0 bridgehead atoms. The van der Waals surface area contributed by atoms with Gasteiger partial charge in [0.15, 0.2) is 11.0 Å². The SMILES string of the molecule is COc1ccc(C(=O)N2CCN(C(=O)CCCSc3nnc(-c4cccc(OC)c4)n3-c3ccccc3)CC2C)cc1. The van der Waals surface area contributed by atoms with E-state index in [1.165, 1.54) is 0 Å². The number of piperazine rings is 1. The van der Waals surface area contributed by atoms with Gasteiger partial charge in [0.25, 0.3) is 5.91 Å². The lowest BCUT2D eigenvalue weighted by atomic mass is 10.1. The first-order valence-electron chi connectivity index (χ1n) is 14.0. The van der Waals surface area contributed by atoms with E-state index in [9.17, 15) is 9.59 Å². The number of ether oxygens (including phenoxy) is 2. The normalized spacial score (nSPS) is 15.0. The lowest BCUT2D eigenvalue weighted by Crippen LogP contribution is -2.55. The Hall–Kier alpha value is -4.31. The highest BCUT2D eigenvalue weighted by molar-refractivity contribution is 7.99. The van der Waals surface area contributed by atoms with Gasteiger partial charge >= 0.3 is 0 Å². The molecule has 42 heavy (non-hydrogen) atoms. The zero-order valence-corrected chi connectivity index (χ0v) is 24.9. The van der Waals surface area contributed by atoms with Gasteiger partial charge in [-0.3, -0.25) is 14.2 Å². The standard InChI is InChI=1S/C32H35N5O4S/c1-23-22-35(18-19-36(23)31(39)24-14-16-27(40-2)17-15-24)29(38)13-8-20-42-32-34-33-30(25-9-7-12-28(21-25)41-3)37(32)26-10-5-4-6-11-26/h4-7,9-12,14-17,21,23H,8,13,18-20,22H2,1-3H3. The molecule has 2 heterocycles. The van der Waals surface area contributed by atoms with Crippen molar-refractivity contribution in [1.82, 2.24) is 24.6 Å². The number of hydrogen-bond donors (Lipinski definition) is 0. The third-order valence-electron chi connectivity index (χ3n) is 7.32. The molecule has 1 aromatic heterocycles. The summed E-state index contributed by atoms with van der Waals surface area (Å²) in [6, 6.07) is 24.9. The second-order valence-electron chi connectivity index (χ2n) is 10.1. The summed E-state index contributed by atoms with van der Waals surface area (Å²) in [5.74, 6) is 3.01. The molecule has 10 heteroatoms. The molecule has 1 fully saturated rings. The highest BCUT2D eigenvalue weighted by Crippen LogP contribution is 2.30. The van der Waals surface area contributed by atoms with Crippen LogP contribution in [0.5, 0.6) is 11.5 Å². The van der Waals surface area contributed by atoms with Crippen molar-refractivity contribution < 1.29 is 19.1 Å². The molecule has 5 rings (SSSR count). The molecule has 1 unspecified atom stereocenters. The smallest absolute Gasteiger partial charge is 0.254 e. The highest BCUT2D eigenvalue weighted by Gasteiger charge is 2.30. The summed E-state index contributed by atoms with van der Waals surface area (Å²) in [6.07, 6.45) is 1.15. The Bertz CT molecular complexity index is 1510. The predicted molar refractivity (Wildman–Crippen MR) is 163 cm³/mol. The van der Waals surface area contributed by atoms with Crippen molar-refractivity contribution in [3.8, 4) is 28.6 Å². The van der Waals surface area contributed by atoms with Gasteiger partial charge in [-0.05, 0) is 61.9 Å². The Kier molecular flexibility index (Phi) is 9.43. The fourth-order valence-corrected chi connectivity index (χ4v) is 5.94. The predicted octanol–water partition coefficient (Wildman–Crippen LogP) is 5.20. The topological polar surface area (TPSA) is 89.8 Å². The number of carbonyl (C=O) groups is 2. The summed E-state index contributed by atoms with van der Waals surface area (Å²) in [5.41, 5.74) is 2.50. The number of rotatable bonds is 10. The van der Waals surface area contributed by atoms with Crippen LogP contribution in [0.25, 0.3) is 17.1 Å². The van der Waals surface area contributed by atoms with Gasteiger partial charge in [0, 0.05) is 54.7 Å². The maximum atomic E-state index is 13.1. The van der Waals surface area contributed by atoms with E-state index in [0.717, 1.165) is 33.7 Å². The van der Waals surface area contributed by atoms with Crippen LogP contribution in [0.15, 0.2) is 84.0 Å². The first-order valence-corrected chi connectivity index (χ1v) is 15.0. The zero-order chi connectivity index (χ0) is 29.5. The summed E-state index contributed by atoms with van der Waals surface area (Å²) in [7, 11) is 3.25. The molecular formula is C32H35N5O4S. The van der Waals surface area contributed by atoms with E-state index in [1.807, 2.05) is 75.9 Å². The van der Waals surface area contributed by atoms with Crippen molar-refractivity contribution in [2.45, 2.75) is 31.0 Å². The van der Waals surface area contributed by atoms with Crippen LogP contribution in [-0.2, 0) is 4.79 Å². The van der Waals surface area contributed by atoms with Crippen molar-refractivity contribution in [3.05, 3.63) is 84.4 Å². The first kappa shape index (κ1) is 29.2. The lowest BCUT2D eigenvalue weighted by molar-refractivity contribution is -0.133. The van der Waals surface area contributed by atoms with E-state index in [0.29, 0.717) is 43.8 Å². The quantitative estimate of drug-likeness (QED) is 0.187. The summed E-state index contributed by atoms with van der Waals surface area (Å²) < 4.78 is 12.6. The Morgan fingerprint density at radius 2 is 1.67 bits per heavy atom. The molecular weight excluding hydrogens is 550 g/mol. The monoisotopic (exact) mass is 585 g/mol. The number of nitrogens with zero attached hydrogens (tertiary/aromatic N) is 5. The van der Waals surface area contributed by atoms with E-state index in [4.69, 9.17) is 9.47 Å². The minimum atomic E-state index is -0.0638. The highest BCUT2D eigenvalue weighted by atomic mass is 32.2. The molecule has 3 aromatic carbocycles. The molecule has 1 aliphatic rings. The summed E-state index contributed by atoms with van der Waals surface area (Å²) in [5, 5.41) is 9.77. The van der Waals surface area contributed by atoms with Crippen LogP contribution in [-0.4, -0.2) is 82.0 Å². The Morgan fingerprint density at radius 3 is 2.38 bits per heavy atom. The van der Waals surface area contributed by atoms with Gasteiger partial charge < -0.3 is 19.3 Å². The third-order valence-corrected chi connectivity index (χ3v) is 8.34. The molecule has 1 atom stereocenters. The summed E-state index contributed by atoms with van der Waals surface area (Å²) in [6.45, 7) is 3.57. The zero-order valence-electron chi connectivity index (χ0n) is 24.1. The van der Waals surface area contributed by atoms with Crippen LogP contribution in [0.3, 0.4) is 0 Å². The number of thioether (sulfide) groups is 1. The van der Waals surface area contributed by atoms with Crippen molar-refractivity contribution in [2.24, 2.45) is 0 Å². The van der Waals surface area contributed by atoms with Crippen molar-refractivity contribution in [1.29, 1.82) is 0 Å². The van der Waals surface area contributed by atoms with Crippen molar-refractivity contribution >= 4 is 23.6 Å². The minimum Gasteiger partial charge on any atom is -0.497 e. The van der Waals surface area contributed by atoms with E-state index in [2.05, 4.69) is 10.2 Å². The van der Waals surface area contributed by atoms with E-state index < -0.39 is 0 Å². The molecule has 0 radical (unpaired) electrons. The fraction of sp³-hybridized carbons (Fsp3) is 0.312. The van der Waals surface area contributed by atoms with Crippen molar-refractivity contribution in [2.75, 3.05) is 39.6 Å². The largest absolute Gasteiger partial charge is 0.497 e. The van der Waals surface area contributed by atoms with Crippen LogP contribution in [0, 0.1) is 0 Å². The molecule has 0 N–H and O–H groups in total. The van der Waals surface area contributed by atoms with E-state index in [-0.39, 0.29) is 17.9 Å². The van der Waals surface area contributed by atoms with Gasteiger partial charge in [-0.1, -0.05) is 42.1 Å². The molecule has 0 spiro atoms. The van der Waals surface area contributed by atoms with Gasteiger partial charge in [0.05, 0.1) is 14.2 Å². The lowest BCUT2D eigenvalue weighted by Gasteiger charge is -2.40. The van der Waals surface area contributed by atoms with Crippen LogP contribution < -0.4 is 9.47 Å². The Balaban J connectivity index is 1.17. The molecule has 4 aromatic rings. The average Bonchev–Trinajstić information content (AvgIpc) is 3.47. The van der Waals surface area contributed by atoms with Crippen LogP contribution in [0.2, 0.25) is 0 Å². The van der Waals surface area contributed by atoms with Crippen molar-refractivity contribution in [3.63, 3.8) is 0 Å². The van der Waals surface area contributed by atoms with Gasteiger partial charge in [-0.2, -0.15) is 0 Å². The second kappa shape index (κ2) is 13.6. The summed E-state index contributed by atoms with van der Waals surface area (Å²) in [4.78, 5) is 29.8. The Morgan fingerprint density at radius 1 is 0.905 bits per heavy atom. The number of amides is 2. The van der Waals surface area contributed by atoms with E-state index in [1.54, 1.807) is 50.2 Å². The second-order valence-corrected chi connectivity index (χ2v) is 11.1. The fourth-order valence-electron chi connectivity index (χ4n) is 5.05. The third kappa shape index (κ3) is 6.60. The Labute approximate surface area is 250 Å². The number of benzene rings is 3. The summed E-state index contributed by atoms with van der Waals surface area (Å²) >= 11 is 1.59. The van der Waals surface area contributed by atoms with Crippen LogP contribution >= 0.6 is 11.8 Å². The average molecular weight is 586 g/mol. The number of para-hydroxylation sites is 1. The molecule has 0 saturated carbocycles. The maximum absolute atomic E-state index is 13.1. The minimum absolute atomic E-state index is 0.0236. The van der Waals surface area contributed by atoms with Gasteiger partial charge in [0.2, 0.25) is 5.91 Å². The number of methoxy groups -OCH3 is 2. The van der Waals surface area contributed by atoms with E-state index >= 15 is 0 Å². The van der Waals surface area contributed by atoms with Crippen LogP contribution in [0.4, 0.5) is 0 Å². The van der Waals surface area contributed by atoms with Gasteiger partial charge in [-0.15, -0.1) is 10.2 Å². The molecule has 0 aliphatic carbocycles.